The fourth-order valence-corrected chi connectivity index (χ4v) is 12.3. The Morgan fingerprint density at radius 2 is 1.08 bits per heavy atom. The fraction of sp³-hybridized carbons (Fsp3) is 0.226. The first kappa shape index (κ1) is 27.2. The SMILES string of the molecule is CN(C)S(=O)(=O)N1C[C@@H](P(c2ccccc2)c2ccccc2)C[C@H]1CP(c1ccccc1)c1ccccc1. The van der Waals surface area contributed by atoms with Crippen molar-refractivity contribution in [3.8, 4) is 0 Å². The van der Waals surface area contributed by atoms with E-state index in [1.165, 1.54) is 25.5 Å². The van der Waals surface area contributed by atoms with Gasteiger partial charge in [-0.3, -0.25) is 0 Å². The van der Waals surface area contributed by atoms with Gasteiger partial charge in [-0.05, 0) is 49.6 Å². The van der Waals surface area contributed by atoms with Crippen LogP contribution in [0.5, 0.6) is 0 Å². The maximum atomic E-state index is 13.7. The van der Waals surface area contributed by atoms with Crippen LogP contribution in [0, 0.1) is 0 Å². The predicted octanol–water partition coefficient (Wildman–Crippen LogP) is 4.50. The molecule has 1 saturated heterocycles. The Morgan fingerprint density at radius 3 is 1.47 bits per heavy atom. The van der Waals surface area contributed by atoms with E-state index in [0.717, 1.165) is 12.6 Å². The number of hydrogen-bond donors (Lipinski definition) is 0. The summed E-state index contributed by atoms with van der Waals surface area (Å²) in [6.07, 6.45) is 1.65. The first-order chi connectivity index (χ1) is 18.4. The van der Waals surface area contributed by atoms with Crippen molar-refractivity contribution in [3.63, 3.8) is 0 Å². The molecule has 4 nitrogen and oxygen atoms in total. The van der Waals surface area contributed by atoms with E-state index in [9.17, 15) is 8.42 Å². The monoisotopic (exact) mass is 560 g/mol. The largest absolute Gasteiger partial charge is 0.281 e. The van der Waals surface area contributed by atoms with Crippen LogP contribution in [0.2, 0.25) is 0 Å². The molecule has 0 aliphatic carbocycles. The quantitative estimate of drug-likeness (QED) is 0.283. The van der Waals surface area contributed by atoms with Gasteiger partial charge in [0.15, 0.2) is 0 Å². The smallest absolute Gasteiger partial charge is 0.195 e. The molecule has 5 rings (SSSR count). The highest BCUT2D eigenvalue weighted by atomic mass is 32.2. The number of benzene rings is 4. The molecule has 0 saturated carbocycles. The van der Waals surface area contributed by atoms with Crippen molar-refractivity contribution in [3.05, 3.63) is 121 Å². The molecule has 7 heteroatoms. The molecule has 196 valence electrons. The highest BCUT2D eigenvalue weighted by molar-refractivity contribution is 7.86. The van der Waals surface area contributed by atoms with Gasteiger partial charge >= 0.3 is 0 Å². The van der Waals surface area contributed by atoms with Gasteiger partial charge in [0, 0.05) is 32.3 Å². The summed E-state index contributed by atoms with van der Waals surface area (Å²) in [5.74, 6) is 0. The lowest BCUT2D eigenvalue weighted by Crippen LogP contribution is -2.44. The molecule has 0 unspecified atom stereocenters. The average Bonchev–Trinajstić information content (AvgIpc) is 3.38. The minimum Gasteiger partial charge on any atom is -0.195 e. The summed E-state index contributed by atoms with van der Waals surface area (Å²) in [5, 5.41) is 5.17. The van der Waals surface area contributed by atoms with Crippen LogP contribution in [-0.4, -0.2) is 55.5 Å². The Morgan fingerprint density at radius 1 is 0.684 bits per heavy atom. The van der Waals surface area contributed by atoms with E-state index in [-0.39, 0.29) is 11.7 Å². The van der Waals surface area contributed by atoms with Crippen molar-refractivity contribution >= 4 is 47.3 Å². The van der Waals surface area contributed by atoms with E-state index in [0.29, 0.717) is 6.54 Å². The number of rotatable bonds is 9. The molecule has 1 aliphatic heterocycles. The third-order valence-electron chi connectivity index (χ3n) is 7.06. The number of hydrogen-bond acceptors (Lipinski definition) is 2. The Bertz CT molecular complexity index is 1330. The highest BCUT2D eigenvalue weighted by Gasteiger charge is 2.44. The maximum absolute atomic E-state index is 13.7. The first-order valence-electron chi connectivity index (χ1n) is 12.9. The van der Waals surface area contributed by atoms with Crippen LogP contribution in [0.4, 0.5) is 0 Å². The van der Waals surface area contributed by atoms with Crippen molar-refractivity contribution in [2.24, 2.45) is 0 Å². The molecule has 2 atom stereocenters. The molecule has 0 radical (unpaired) electrons. The summed E-state index contributed by atoms with van der Waals surface area (Å²) in [4.78, 5) is 0. The zero-order valence-electron chi connectivity index (χ0n) is 21.8. The second-order valence-corrected chi connectivity index (χ2v) is 16.6. The van der Waals surface area contributed by atoms with Gasteiger partial charge in [0.2, 0.25) is 0 Å². The van der Waals surface area contributed by atoms with Crippen LogP contribution >= 0.6 is 15.8 Å². The van der Waals surface area contributed by atoms with Gasteiger partial charge in [-0.25, -0.2) is 0 Å². The van der Waals surface area contributed by atoms with Crippen molar-refractivity contribution < 1.29 is 8.42 Å². The maximum Gasteiger partial charge on any atom is 0.281 e. The van der Waals surface area contributed by atoms with Crippen LogP contribution in [0.1, 0.15) is 6.42 Å². The van der Waals surface area contributed by atoms with E-state index in [1.807, 2.05) is 12.1 Å². The van der Waals surface area contributed by atoms with Gasteiger partial charge in [-0.2, -0.15) is 17.0 Å². The third kappa shape index (κ3) is 5.93. The molecule has 0 aromatic heterocycles. The summed E-state index contributed by atoms with van der Waals surface area (Å²) < 4.78 is 30.6. The molecule has 1 heterocycles. The van der Waals surface area contributed by atoms with Crippen molar-refractivity contribution in [1.82, 2.24) is 8.61 Å². The summed E-state index contributed by atoms with van der Waals surface area (Å²) in [6.45, 7) is 0.535. The van der Waals surface area contributed by atoms with Gasteiger partial charge < -0.3 is 0 Å². The van der Waals surface area contributed by atoms with Gasteiger partial charge in [0.05, 0.1) is 0 Å². The lowest BCUT2D eigenvalue weighted by Gasteiger charge is -2.30. The van der Waals surface area contributed by atoms with Crippen LogP contribution in [0.25, 0.3) is 0 Å². The lowest BCUT2D eigenvalue weighted by molar-refractivity contribution is 0.374. The van der Waals surface area contributed by atoms with Gasteiger partial charge in [0.25, 0.3) is 10.2 Å². The van der Waals surface area contributed by atoms with Crippen molar-refractivity contribution in [2.75, 3.05) is 26.8 Å². The van der Waals surface area contributed by atoms with E-state index < -0.39 is 26.1 Å². The Labute approximate surface area is 230 Å². The Kier molecular flexibility index (Phi) is 8.73. The van der Waals surface area contributed by atoms with Crippen LogP contribution in [0.3, 0.4) is 0 Å². The highest BCUT2D eigenvalue weighted by Crippen LogP contribution is 2.48. The summed E-state index contributed by atoms with van der Waals surface area (Å²) in [7, 11) is -1.73. The molecule has 0 amide bonds. The molecule has 0 spiro atoms. The lowest BCUT2D eigenvalue weighted by atomic mass is 10.2. The molecule has 1 aliphatic rings. The molecule has 1 fully saturated rings. The molecular formula is C31H34N2O2P2S. The van der Waals surface area contributed by atoms with Crippen LogP contribution in [-0.2, 0) is 10.2 Å². The molecule has 4 aromatic carbocycles. The van der Waals surface area contributed by atoms with Gasteiger partial charge in [-0.1, -0.05) is 121 Å². The molecule has 0 bridgehead atoms. The summed E-state index contributed by atoms with van der Waals surface area (Å²) >= 11 is 0. The molecular weight excluding hydrogens is 526 g/mol. The van der Waals surface area contributed by atoms with Crippen LogP contribution < -0.4 is 21.2 Å². The van der Waals surface area contributed by atoms with E-state index in [2.05, 4.69) is 109 Å². The first-order valence-corrected chi connectivity index (χ1v) is 17.2. The molecule has 0 N–H and O–H groups in total. The second kappa shape index (κ2) is 12.2. The van der Waals surface area contributed by atoms with Gasteiger partial charge in [0.1, 0.15) is 0 Å². The normalized spacial score (nSPS) is 18.4. The Hall–Kier alpha value is -2.39. The predicted molar refractivity (Wildman–Crippen MR) is 165 cm³/mol. The van der Waals surface area contributed by atoms with E-state index >= 15 is 0 Å². The molecule has 38 heavy (non-hydrogen) atoms. The van der Waals surface area contributed by atoms with E-state index in [1.54, 1.807) is 18.4 Å². The van der Waals surface area contributed by atoms with Crippen LogP contribution in [0.15, 0.2) is 121 Å². The summed E-state index contributed by atoms with van der Waals surface area (Å²) in [6, 6.07) is 42.4. The average molecular weight is 561 g/mol. The molecule has 4 aromatic rings. The van der Waals surface area contributed by atoms with Gasteiger partial charge in [-0.15, -0.1) is 0 Å². The second-order valence-electron chi connectivity index (χ2n) is 9.73. The standard InChI is InChI=1S/C31H34N2O2P2S/c1-32(2)38(34,35)33-24-31(37(29-19-11-5-12-20-29)30-21-13-6-14-22-30)23-26(33)25-36(27-15-7-3-8-16-27)28-17-9-4-10-18-28/h3-22,26,31H,23-25H2,1-2H3/t26-,31-/m0/s1. The minimum atomic E-state index is -3.58. The topological polar surface area (TPSA) is 40.6 Å². The van der Waals surface area contributed by atoms with Crippen molar-refractivity contribution in [2.45, 2.75) is 18.1 Å². The fourth-order valence-electron chi connectivity index (χ4n) is 5.24. The minimum absolute atomic E-state index is 0.0728. The number of nitrogens with zero attached hydrogens (tertiary/aromatic N) is 2. The Balaban J connectivity index is 1.55. The van der Waals surface area contributed by atoms with Crippen molar-refractivity contribution in [1.29, 1.82) is 0 Å². The third-order valence-corrected chi connectivity index (χ3v) is 14.5. The zero-order chi connectivity index (χ0) is 26.5. The van der Waals surface area contributed by atoms with E-state index in [4.69, 9.17) is 0 Å². The zero-order valence-corrected chi connectivity index (χ0v) is 24.4. The summed E-state index contributed by atoms with van der Waals surface area (Å²) in [5.41, 5.74) is 0.234.